The summed E-state index contributed by atoms with van der Waals surface area (Å²) in [5, 5.41) is 12.0. The number of carbonyl (C=O) groups is 2. The lowest BCUT2D eigenvalue weighted by Gasteiger charge is -2.30. The predicted molar refractivity (Wildman–Crippen MR) is 63.4 cm³/mol. The molecular formula is C11H20FN3O3. The molecule has 0 aromatic carbocycles. The Hall–Kier alpha value is -1.21. The largest absolute Gasteiger partial charge is 0.391 e. The molecule has 3 atom stereocenters. The number of halogens is 1. The Morgan fingerprint density at radius 3 is 2.56 bits per heavy atom. The van der Waals surface area contributed by atoms with E-state index in [0.29, 0.717) is 0 Å². The molecule has 0 radical (unpaired) electrons. The van der Waals surface area contributed by atoms with Crippen molar-refractivity contribution in [2.45, 2.75) is 44.1 Å². The summed E-state index contributed by atoms with van der Waals surface area (Å²) < 4.78 is 13.7. The molecule has 7 heteroatoms. The van der Waals surface area contributed by atoms with Crippen molar-refractivity contribution >= 4 is 11.8 Å². The van der Waals surface area contributed by atoms with E-state index in [9.17, 15) is 19.1 Å². The summed E-state index contributed by atoms with van der Waals surface area (Å²) in [5.41, 5.74) is 3.67. The van der Waals surface area contributed by atoms with Crippen molar-refractivity contribution in [3.63, 3.8) is 0 Å². The van der Waals surface area contributed by atoms with E-state index in [4.69, 9.17) is 5.73 Å². The highest BCUT2D eigenvalue weighted by molar-refractivity contribution is 5.90. The van der Waals surface area contributed by atoms with E-state index in [-0.39, 0.29) is 18.9 Å². The molecule has 0 bridgehead atoms. The van der Waals surface area contributed by atoms with Gasteiger partial charge in [0.2, 0.25) is 11.8 Å². The molecule has 1 unspecified atom stereocenters. The normalized spacial score (nSPS) is 26.0. The van der Waals surface area contributed by atoms with Crippen LogP contribution in [0.1, 0.15) is 20.3 Å². The highest BCUT2D eigenvalue weighted by Gasteiger charge is 2.43. The van der Waals surface area contributed by atoms with E-state index in [1.54, 1.807) is 0 Å². The van der Waals surface area contributed by atoms with Gasteiger partial charge in [-0.25, -0.2) is 4.39 Å². The van der Waals surface area contributed by atoms with Gasteiger partial charge < -0.3 is 21.1 Å². The van der Waals surface area contributed by atoms with Crippen LogP contribution >= 0.6 is 0 Å². The van der Waals surface area contributed by atoms with Crippen LogP contribution in [0, 0.1) is 0 Å². The van der Waals surface area contributed by atoms with Gasteiger partial charge in [0.15, 0.2) is 0 Å². The number of rotatable bonds is 3. The highest BCUT2D eigenvalue weighted by Crippen LogP contribution is 2.22. The lowest BCUT2D eigenvalue weighted by atomic mass is 10.00. The van der Waals surface area contributed by atoms with Crippen LogP contribution in [0.2, 0.25) is 0 Å². The Balaban J connectivity index is 2.86. The summed E-state index contributed by atoms with van der Waals surface area (Å²) in [5.74, 6) is -1.04. The zero-order valence-electron chi connectivity index (χ0n) is 10.8. The van der Waals surface area contributed by atoms with E-state index in [0.717, 1.165) is 4.90 Å². The van der Waals surface area contributed by atoms with Gasteiger partial charge in [0, 0.05) is 20.0 Å². The van der Waals surface area contributed by atoms with Gasteiger partial charge in [0.1, 0.15) is 17.8 Å². The van der Waals surface area contributed by atoms with Crippen molar-refractivity contribution in [2.24, 2.45) is 5.73 Å². The minimum Gasteiger partial charge on any atom is -0.391 e. The van der Waals surface area contributed by atoms with Crippen molar-refractivity contribution in [3.05, 3.63) is 0 Å². The van der Waals surface area contributed by atoms with Crippen molar-refractivity contribution in [3.8, 4) is 0 Å². The number of alkyl halides is 1. The van der Waals surface area contributed by atoms with Crippen LogP contribution in [-0.4, -0.2) is 59.3 Å². The number of likely N-dealkylation sites (tertiary alicyclic amines) is 1. The van der Waals surface area contributed by atoms with E-state index < -0.39 is 29.8 Å². The fraction of sp³-hybridized carbons (Fsp3) is 0.818. The molecule has 0 saturated carbocycles. The molecule has 1 aliphatic rings. The fourth-order valence-electron chi connectivity index (χ4n) is 1.94. The number of aliphatic hydroxyl groups excluding tert-OH is 1. The van der Waals surface area contributed by atoms with E-state index in [1.807, 2.05) is 0 Å². The van der Waals surface area contributed by atoms with Crippen LogP contribution in [0.3, 0.4) is 0 Å². The molecule has 104 valence electrons. The number of carbonyl (C=O) groups excluding carboxylic acids is 2. The highest BCUT2D eigenvalue weighted by atomic mass is 19.1. The summed E-state index contributed by atoms with van der Waals surface area (Å²) in [6.07, 6.45) is -0.642. The molecule has 0 aromatic rings. The lowest BCUT2D eigenvalue weighted by molar-refractivity contribution is -0.141. The Morgan fingerprint density at radius 1 is 1.56 bits per heavy atom. The van der Waals surface area contributed by atoms with Crippen molar-refractivity contribution < 1.29 is 19.1 Å². The maximum atomic E-state index is 13.7. The molecule has 18 heavy (non-hydrogen) atoms. The number of aliphatic hydroxyl groups is 1. The van der Waals surface area contributed by atoms with Crippen LogP contribution in [0.5, 0.6) is 0 Å². The zero-order valence-corrected chi connectivity index (χ0v) is 10.8. The molecule has 6 nitrogen and oxygen atoms in total. The van der Waals surface area contributed by atoms with Crippen molar-refractivity contribution in [1.82, 2.24) is 10.2 Å². The monoisotopic (exact) mass is 261 g/mol. The predicted octanol–water partition coefficient (Wildman–Crippen LogP) is -1.23. The Kier molecular flexibility index (Phi) is 4.28. The average molecular weight is 261 g/mol. The minimum atomic E-state index is -1.88. The second-order valence-electron chi connectivity index (χ2n) is 5.05. The van der Waals surface area contributed by atoms with Crippen molar-refractivity contribution in [1.29, 1.82) is 0 Å². The fourth-order valence-corrected chi connectivity index (χ4v) is 1.94. The third-order valence-electron chi connectivity index (χ3n) is 3.12. The van der Waals surface area contributed by atoms with Crippen LogP contribution < -0.4 is 11.1 Å². The molecule has 2 amide bonds. The third-order valence-corrected chi connectivity index (χ3v) is 3.12. The number of amides is 2. The van der Waals surface area contributed by atoms with Gasteiger partial charge in [0.05, 0.1) is 6.10 Å². The Labute approximate surface area is 105 Å². The summed E-state index contributed by atoms with van der Waals surface area (Å²) in [7, 11) is 1.44. The van der Waals surface area contributed by atoms with Crippen molar-refractivity contribution in [2.75, 3.05) is 13.6 Å². The SMILES string of the molecule is CNC(=O)[C@@H]1C[C@@H](O)CN1C(=O)C(N)C(C)(C)F. The zero-order chi connectivity index (χ0) is 14.1. The smallest absolute Gasteiger partial charge is 0.243 e. The summed E-state index contributed by atoms with van der Waals surface area (Å²) in [6, 6.07) is -2.14. The first kappa shape index (κ1) is 14.8. The molecule has 4 N–H and O–H groups in total. The first-order valence-electron chi connectivity index (χ1n) is 5.83. The van der Waals surface area contributed by atoms with E-state index in [1.165, 1.54) is 20.9 Å². The number of likely N-dealkylation sites (N-methyl/N-ethyl adjacent to an activating group) is 1. The van der Waals surface area contributed by atoms with Crippen LogP contribution in [0.4, 0.5) is 4.39 Å². The van der Waals surface area contributed by atoms with Gasteiger partial charge in [-0.2, -0.15) is 0 Å². The van der Waals surface area contributed by atoms with Crippen LogP contribution in [0.15, 0.2) is 0 Å². The first-order chi connectivity index (χ1) is 8.18. The lowest BCUT2D eigenvalue weighted by Crippen LogP contribution is -2.56. The standard InChI is InChI=1S/C11H20FN3O3/c1-11(2,12)8(13)10(18)15-5-6(16)4-7(15)9(17)14-3/h6-8,16H,4-5,13H2,1-3H3,(H,14,17)/t6-,7+,8?/m1/s1. The average Bonchev–Trinajstić information content (AvgIpc) is 2.67. The molecule has 0 aromatic heterocycles. The summed E-state index contributed by atoms with van der Waals surface area (Å²) in [6.45, 7) is 2.41. The van der Waals surface area contributed by atoms with Gasteiger partial charge in [-0.15, -0.1) is 0 Å². The van der Waals surface area contributed by atoms with E-state index >= 15 is 0 Å². The number of nitrogens with one attached hydrogen (secondary N) is 1. The van der Waals surface area contributed by atoms with Gasteiger partial charge >= 0.3 is 0 Å². The van der Waals surface area contributed by atoms with Gasteiger partial charge in [0.25, 0.3) is 0 Å². The molecule has 1 heterocycles. The van der Waals surface area contributed by atoms with Crippen LogP contribution in [0.25, 0.3) is 0 Å². The van der Waals surface area contributed by atoms with Gasteiger partial charge in [-0.1, -0.05) is 0 Å². The number of hydrogen-bond acceptors (Lipinski definition) is 4. The van der Waals surface area contributed by atoms with Gasteiger partial charge in [-0.05, 0) is 13.8 Å². The first-order valence-corrected chi connectivity index (χ1v) is 5.83. The number of nitrogens with zero attached hydrogens (tertiary/aromatic N) is 1. The summed E-state index contributed by atoms with van der Waals surface area (Å²) >= 11 is 0. The molecule has 1 aliphatic heterocycles. The number of hydrogen-bond donors (Lipinski definition) is 3. The minimum absolute atomic E-state index is 0.000694. The Morgan fingerprint density at radius 2 is 2.11 bits per heavy atom. The topological polar surface area (TPSA) is 95.7 Å². The molecule has 1 saturated heterocycles. The molecule has 1 fully saturated rings. The van der Waals surface area contributed by atoms with Crippen LogP contribution in [-0.2, 0) is 9.59 Å². The maximum Gasteiger partial charge on any atom is 0.243 e. The van der Waals surface area contributed by atoms with Gasteiger partial charge in [-0.3, -0.25) is 9.59 Å². The molecular weight excluding hydrogens is 241 g/mol. The quantitative estimate of drug-likeness (QED) is 0.593. The number of nitrogens with two attached hydrogens (primary N) is 1. The maximum absolute atomic E-state index is 13.7. The van der Waals surface area contributed by atoms with E-state index in [2.05, 4.69) is 5.32 Å². The molecule has 0 aliphatic carbocycles. The summed E-state index contributed by atoms with van der Waals surface area (Å²) in [4.78, 5) is 24.8. The molecule has 1 rings (SSSR count). The second-order valence-corrected chi connectivity index (χ2v) is 5.05. The third kappa shape index (κ3) is 2.97. The molecule has 0 spiro atoms. The second kappa shape index (κ2) is 5.19. The number of β-amino-alcohol motifs (C(OH)–C–C–N with tert-alkyl or cyclic N) is 1. The Bertz CT molecular complexity index is 343.